The molecule has 0 bridgehead atoms. The van der Waals surface area contributed by atoms with Gasteiger partial charge in [-0.1, -0.05) is 0 Å². The summed E-state index contributed by atoms with van der Waals surface area (Å²) < 4.78 is 16.7. The van der Waals surface area contributed by atoms with Gasteiger partial charge in [0.05, 0.1) is 30.7 Å². The Bertz CT molecular complexity index is 728. The van der Waals surface area contributed by atoms with Gasteiger partial charge in [-0.15, -0.1) is 0 Å². The first-order valence-electron chi connectivity index (χ1n) is 9.29. The average molecular weight is 358 g/mol. The van der Waals surface area contributed by atoms with Crippen LogP contribution in [-0.2, 0) is 9.47 Å². The van der Waals surface area contributed by atoms with Crippen molar-refractivity contribution in [2.45, 2.75) is 12.5 Å². The molecule has 7 heteroatoms. The lowest BCUT2D eigenvalue weighted by Crippen LogP contribution is -2.47. The van der Waals surface area contributed by atoms with Gasteiger partial charge in [-0.25, -0.2) is 9.97 Å². The van der Waals surface area contributed by atoms with Gasteiger partial charge in [-0.3, -0.25) is 4.90 Å². The molecule has 2 aliphatic rings. The van der Waals surface area contributed by atoms with Crippen molar-refractivity contribution in [2.75, 3.05) is 64.6 Å². The number of piperazine rings is 1. The molecule has 0 N–H and O–H groups in total. The van der Waals surface area contributed by atoms with Gasteiger partial charge in [0.15, 0.2) is 0 Å². The first kappa shape index (κ1) is 17.5. The molecule has 26 heavy (non-hydrogen) atoms. The molecule has 140 valence electrons. The van der Waals surface area contributed by atoms with Crippen LogP contribution in [0.3, 0.4) is 0 Å². The van der Waals surface area contributed by atoms with Gasteiger partial charge in [-0.05, 0) is 18.2 Å². The van der Waals surface area contributed by atoms with Crippen LogP contribution < -0.4 is 9.64 Å². The van der Waals surface area contributed by atoms with Crippen LogP contribution in [0, 0.1) is 0 Å². The Hall–Kier alpha value is -1.96. The number of rotatable bonds is 6. The Balaban J connectivity index is 1.49. The third-order valence-corrected chi connectivity index (χ3v) is 5.10. The van der Waals surface area contributed by atoms with Crippen LogP contribution in [-0.4, -0.2) is 80.6 Å². The van der Waals surface area contributed by atoms with Crippen LogP contribution in [0.25, 0.3) is 10.9 Å². The van der Waals surface area contributed by atoms with E-state index in [0.717, 1.165) is 63.3 Å². The molecule has 1 atom stereocenters. The molecule has 3 heterocycles. The number of hydrogen-bond acceptors (Lipinski definition) is 7. The molecule has 2 saturated heterocycles. The fourth-order valence-electron chi connectivity index (χ4n) is 3.53. The second-order valence-electron chi connectivity index (χ2n) is 6.81. The highest BCUT2D eigenvalue weighted by atomic mass is 16.5. The van der Waals surface area contributed by atoms with Gasteiger partial charge in [0.1, 0.15) is 12.4 Å². The zero-order chi connectivity index (χ0) is 17.8. The van der Waals surface area contributed by atoms with Gasteiger partial charge in [-0.2, -0.15) is 0 Å². The lowest BCUT2D eigenvalue weighted by Gasteiger charge is -2.36. The minimum absolute atomic E-state index is 0.0843. The second-order valence-corrected chi connectivity index (χ2v) is 6.81. The van der Waals surface area contributed by atoms with Crippen LogP contribution in [0.2, 0.25) is 0 Å². The van der Waals surface area contributed by atoms with Crippen LogP contribution in [0.15, 0.2) is 24.5 Å². The van der Waals surface area contributed by atoms with Crippen molar-refractivity contribution in [2.24, 2.45) is 0 Å². The van der Waals surface area contributed by atoms with E-state index in [2.05, 4.69) is 38.0 Å². The minimum Gasteiger partial charge on any atom is -0.471 e. The third kappa shape index (κ3) is 3.90. The zero-order valence-electron chi connectivity index (χ0n) is 15.3. The van der Waals surface area contributed by atoms with Crippen LogP contribution in [0.5, 0.6) is 5.88 Å². The maximum absolute atomic E-state index is 6.08. The van der Waals surface area contributed by atoms with E-state index in [0.29, 0.717) is 12.5 Å². The summed E-state index contributed by atoms with van der Waals surface area (Å²) in [5.41, 5.74) is 2.11. The molecule has 0 radical (unpaired) electrons. The molecule has 0 amide bonds. The van der Waals surface area contributed by atoms with E-state index in [9.17, 15) is 0 Å². The highest BCUT2D eigenvalue weighted by molar-refractivity contribution is 5.86. The van der Waals surface area contributed by atoms with Gasteiger partial charge in [0.2, 0.25) is 5.88 Å². The van der Waals surface area contributed by atoms with Crippen LogP contribution in [0.4, 0.5) is 5.69 Å². The number of ether oxygens (including phenoxy) is 3. The number of nitrogens with zero attached hydrogens (tertiary/aromatic N) is 4. The quantitative estimate of drug-likeness (QED) is 0.777. The summed E-state index contributed by atoms with van der Waals surface area (Å²) in [5.74, 6) is 0.658. The largest absolute Gasteiger partial charge is 0.471 e. The number of aromatic nitrogens is 2. The highest BCUT2D eigenvalue weighted by Crippen LogP contribution is 2.28. The summed E-state index contributed by atoms with van der Waals surface area (Å²) in [6.07, 6.45) is 2.57. The van der Waals surface area contributed by atoms with Crippen molar-refractivity contribution < 1.29 is 14.2 Å². The highest BCUT2D eigenvalue weighted by Gasteiger charge is 2.21. The average Bonchev–Trinajstić information content (AvgIpc) is 3.20. The van der Waals surface area contributed by atoms with Crippen molar-refractivity contribution in [3.63, 3.8) is 0 Å². The summed E-state index contributed by atoms with van der Waals surface area (Å²) in [6.45, 7) is 7.30. The number of hydrogen-bond donors (Lipinski definition) is 0. The van der Waals surface area contributed by atoms with Crippen molar-refractivity contribution >= 4 is 16.6 Å². The molecule has 4 rings (SSSR count). The normalized spacial score (nSPS) is 21.4. The Labute approximate surface area is 153 Å². The van der Waals surface area contributed by atoms with Crippen molar-refractivity contribution in [1.29, 1.82) is 0 Å². The third-order valence-electron chi connectivity index (χ3n) is 5.10. The van der Waals surface area contributed by atoms with E-state index < -0.39 is 0 Å². The van der Waals surface area contributed by atoms with Crippen molar-refractivity contribution in [3.05, 3.63) is 24.5 Å². The van der Waals surface area contributed by atoms with E-state index in [-0.39, 0.29) is 6.10 Å². The minimum atomic E-state index is 0.0843. The monoisotopic (exact) mass is 358 g/mol. The maximum atomic E-state index is 6.08. The molecule has 1 aromatic heterocycles. The summed E-state index contributed by atoms with van der Waals surface area (Å²) in [4.78, 5) is 13.6. The Kier molecular flexibility index (Phi) is 5.48. The molecule has 1 aromatic carbocycles. The van der Waals surface area contributed by atoms with E-state index in [1.54, 1.807) is 13.4 Å². The molecule has 2 aliphatic heterocycles. The molecule has 0 saturated carbocycles. The van der Waals surface area contributed by atoms with E-state index in [1.165, 1.54) is 5.69 Å². The Morgan fingerprint density at radius 3 is 2.85 bits per heavy atom. The smallest absolute Gasteiger partial charge is 0.224 e. The summed E-state index contributed by atoms with van der Waals surface area (Å²) in [6, 6.07) is 6.36. The standard InChI is InChI=1S/C19H26N4O3/c1-24-11-9-22-5-7-23(8-6-22)15-2-3-18-17(12-15)19(21-14-20-18)26-16-4-10-25-13-16/h2-3,12,14,16H,4-11,13H2,1H3. The van der Waals surface area contributed by atoms with Gasteiger partial charge >= 0.3 is 0 Å². The summed E-state index contributed by atoms with van der Waals surface area (Å²) in [5, 5.41) is 0.971. The fraction of sp³-hybridized carbons (Fsp3) is 0.579. The molecular weight excluding hydrogens is 332 g/mol. The summed E-state index contributed by atoms with van der Waals surface area (Å²) >= 11 is 0. The van der Waals surface area contributed by atoms with E-state index in [1.807, 2.05) is 0 Å². The molecule has 2 aromatic rings. The molecule has 0 aliphatic carbocycles. The number of methoxy groups -OCH3 is 1. The molecular formula is C19H26N4O3. The number of fused-ring (bicyclic) bond motifs is 1. The van der Waals surface area contributed by atoms with Gasteiger partial charge in [0.25, 0.3) is 0 Å². The fourth-order valence-corrected chi connectivity index (χ4v) is 3.53. The predicted molar refractivity (Wildman–Crippen MR) is 99.9 cm³/mol. The zero-order valence-corrected chi connectivity index (χ0v) is 15.3. The molecule has 1 unspecified atom stereocenters. The Morgan fingerprint density at radius 1 is 1.19 bits per heavy atom. The summed E-state index contributed by atoms with van der Waals surface area (Å²) in [7, 11) is 1.75. The predicted octanol–water partition coefficient (Wildman–Crippen LogP) is 1.57. The first-order valence-corrected chi connectivity index (χ1v) is 9.29. The first-order chi connectivity index (χ1) is 12.8. The number of anilines is 1. The molecule has 7 nitrogen and oxygen atoms in total. The van der Waals surface area contributed by atoms with Crippen molar-refractivity contribution in [3.8, 4) is 5.88 Å². The number of benzene rings is 1. The maximum Gasteiger partial charge on any atom is 0.224 e. The lowest BCUT2D eigenvalue weighted by atomic mass is 10.2. The van der Waals surface area contributed by atoms with Gasteiger partial charge in [0, 0.05) is 51.9 Å². The topological polar surface area (TPSA) is 60.0 Å². The van der Waals surface area contributed by atoms with E-state index in [4.69, 9.17) is 14.2 Å². The molecule has 0 spiro atoms. The second kappa shape index (κ2) is 8.16. The SMILES string of the molecule is COCCN1CCN(c2ccc3ncnc(OC4CCOC4)c3c2)CC1. The van der Waals surface area contributed by atoms with Crippen LogP contribution >= 0.6 is 0 Å². The lowest BCUT2D eigenvalue weighted by molar-refractivity contribution is 0.139. The van der Waals surface area contributed by atoms with Gasteiger partial charge < -0.3 is 19.1 Å². The van der Waals surface area contributed by atoms with E-state index >= 15 is 0 Å². The van der Waals surface area contributed by atoms with Crippen molar-refractivity contribution in [1.82, 2.24) is 14.9 Å². The van der Waals surface area contributed by atoms with Crippen LogP contribution in [0.1, 0.15) is 6.42 Å². The molecule has 2 fully saturated rings. The Morgan fingerprint density at radius 2 is 2.08 bits per heavy atom.